The zero-order valence-corrected chi connectivity index (χ0v) is 17.4. The molecule has 2 heterocycles. The Morgan fingerprint density at radius 2 is 1.63 bits per heavy atom. The van der Waals surface area contributed by atoms with E-state index in [4.69, 9.17) is 9.15 Å². The lowest BCUT2D eigenvalue weighted by Gasteiger charge is -2.57. The molecule has 30 heavy (non-hydrogen) atoms. The number of methoxy groups -OCH3 is 1. The van der Waals surface area contributed by atoms with Crippen molar-refractivity contribution < 1.29 is 13.9 Å². The highest BCUT2D eigenvalue weighted by Gasteiger charge is 2.69. The Morgan fingerprint density at radius 3 is 2.20 bits per heavy atom. The molecule has 0 saturated carbocycles. The molecule has 0 unspecified atom stereocenters. The zero-order chi connectivity index (χ0) is 20.6. The maximum Gasteiger partial charge on any atom is 0.227 e. The van der Waals surface area contributed by atoms with Crippen molar-refractivity contribution in [2.75, 3.05) is 14.2 Å². The molecule has 1 saturated heterocycles. The minimum atomic E-state index is -0.520. The first-order valence-corrected chi connectivity index (χ1v) is 10.6. The summed E-state index contributed by atoms with van der Waals surface area (Å²) < 4.78 is 11.9. The third kappa shape index (κ3) is 1.89. The van der Waals surface area contributed by atoms with E-state index in [9.17, 15) is 4.79 Å². The maximum absolute atomic E-state index is 13.9. The minimum Gasteiger partial charge on any atom is -0.467 e. The Kier molecular flexibility index (Phi) is 3.64. The van der Waals surface area contributed by atoms with Gasteiger partial charge in [0.1, 0.15) is 5.76 Å². The van der Waals surface area contributed by atoms with Crippen LogP contribution in [0.1, 0.15) is 46.9 Å². The Balaban J connectivity index is 1.73. The van der Waals surface area contributed by atoms with Gasteiger partial charge in [0.2, 0.25) is 5.91 Å². The molecule has 0 radical (unpaired) electrons. The predicted molar refractivity (Wildman–Crippen MR) is 113 cm³/mol. The summed E-state index contributed by atoms with van der Waals surface area (Å²) in [6.07, 6.45) is 1.55. The van der Waals surface area contributed by atoms with Gasteiger partial charge in [-0.2, -0.15) is 0 Å². The van der Waals surface area contributed by atoms with Gasteiger partial charge in [0.05, 0.1) is 29.7 Å². The van der Waals surface area contributed by atoms with Crippen molar-refractivity contribution in [3.63, 3.8) is 0 Å². The number of ether oxygens (including phenoxy) is 1. The number of amides is 1. The van der Waals surface area contributed by atoms with Gasteiger partial charge in [-0.05, 0) is 41.3 Å². The van der Waals surface area contributed by atoms with Crippen LogP contribution in [0.15, 0.2) is 71.3 Å². The molecule has 3 aromatic rings. The Hall–Kier alpha value is -2.85. The quantitative estimate of drug-likeness (QED) is 0.651. The number of carbonyl (C=O) groups excluding carboxylic acids is 1. The molecule has 0 N–H and O–H groups in total. The Labute approximate surface area is 176 Å². The number of furan rings is 1. The molecule has 152 valence electrons. The molecule has 0 spiro atoms. The first-order chi connectivity index (χ1) is 14.6. The van der Waals surface area contributed by atoms with E-state index in [0.717, 1.165) is 5.76 Å². The molecule has 1 amide bonds. The third-order valence-electron chi connectivity index (χ3n) is 7.97. The van der Waals surface area contributed by atoms with E-state index in [0.29, 0.717) is 0 Å². The minimum absolute atomic E-state index is 0.0901. The van der Waals surface area contributed by atoms with Gasteiger partial charge < -0.3 is 14.1 Å². The molecule has 2 aromatic carbocycles. The van der Waals surface area contributed by atoms with E-state index in [-0.39, 0.29) is 35.8 Å². The molecule has 4 heteroatoms. The first kappa shape index (κ1) is 18.0. The van der Waals surface area contributed by atoms with Crippen LogP contribution in [0.25, 0.3) is 0 Å². The van der Waals surface area contributed by atoms with Gasteiger partial charge in [-0.25, -0.2) is 0 Å². The second-order valence-electron chi connectivity index (χ2n) is 8.86. The van der Waals surface area contributed by atoms with Crippen LogP contribution < -0.4 is 0 Å². The van der Waals surface area contributed by atoms with Crippen LogP contribution in [0.3, 0.4) is 0 Å². The van der Waals surface area contributed by atoms with Crippen molar-refractivity contribution in [3.8, 4) is 0 Å². The lowest BCUT2D eigenvalue weighted by atomic mass is 9.45. The smallest absolute Gasteiger partial charge is 0.227 e. The summed E-state index contributed by atoms with van der Waals surface area (Å²) >= 11 is 0. The monoisotopic (exact) mass is 399 g/mol. The van der Waals surface area contributed by atoms with Crippen molar-refractivity contribution in [1.29, 1.82) is 0 Å². The standard InChI is InChI=1S/C26H25NO3/c1-15(29-3)26-18-11-6-4-9-16(18)21(17-10-5-7-12-19(17)26)22-23(26)25(28)27(2)24(22)20-13-8-14-30-20/h4-15,21-24H,1-3H3/t15-,21?,22-,23+,24+,26?/m1/s1. The summed E-state index contributed by atoms with van der Waals surface area (Å²) in [5.74, 6) is 1.09. The van der Waals surface area contributed by atoms with E-state index in [1.54, 1.807) is 13.4 Å². The van der Waals surface area contributed by atoms with Crippen molar-refractivity contribution in [2.24, 2.45) is 11.8 Å². The fourth-order valence-electron chi connectivity index (χ4n) is 6.90. The molecule has 1 fully saturated rings. The van der Waals surface area contributed by atoms with Crippen LogP contribution in [0.2, 0.25) is 0 Å². The first-order valence-electron chi connectivity index (χ1n) is 10.6. The molecule has 4 atom stereocenters. The highest BCUT2D eigenvalue weighted by Crippen LogP contribution is 2.68. The normalized spacial score (nSPS) is 32.0. The van der Waals surface area contributed by atoms with E-state index in [2.05, 4.69) is 55.5 Å². The summed E-state index contributed by atoms with van der Waals surface area (Å²) in [4.78, 5) is 15.8. The number of carbonyl (C=O) groups is 1. The molecule has 2 bridgehead atoms. The van der Waals surface area contributed by atoms with Gasteiger partial charge in [-0.15, -0.1) is 0 Å². The average molecular weight is 399 g/mol. The van der Waals surface area contributed by atoms with Crippen LogP contribution in [-0.2, 0) is 14.9 Å². The second kappa shape index (κ2) is 6.08. The number of likely N-dealkylation sites (tertiary alicyclic amines) is 1. The molecule has 1 aromatic heterocycles. The fraction of sp³-hybridized carbons (Fsp3) is 0.346. The number of hydrogen-bond acceptors (Lipinski definition) is 3. The van der Waals surface area contributed by atoms with Gasteiger partial charge >= 0.3 is 0 Å². The number of benzene rings is 2. The highest BCUT2D eigenvalue weighted by molar-refractivity contribution is 5.88. The molecular formula is C26H25NO3. The number of nitrogens with zero attached hydrogens (tertiary/aromatic N) is 1. The van der Waals surface area contributed by atoms with Gasteiger partial charge in [-0.3, -0.25) is 4.79 Å². The summed E-state index contributed by atoms with van der Waals surface area (Å²) in [7, 11) is 3.68. The van der Waals surface area contributed by atoms with Crippen LogP contribution >= 0.6 is 0 Å². The summed E-state index contributed by atoms with van der Waals surface area (Å²) in [5.41, 5.74) is 4.60. The van der Waals surface area contributed by atoms with Crippen LogP contribution in [-0.4, -0.2) is 31.1 Å². The van der Waals surface area contributed by atoms with Gasteiger partial charge in [0, 0.05) is 26.0 Å². The van der Waals surface area contributed by atoms with Crippen LogP contribution in [0, 0.1) is 11.8 Å². The SMILES string of the molecule is CO[C@H](C)C12c3ccccc3C(c3ccccc31)[C@@H]1[C@H]2C(=O)N(C)[C@H]1c1ccco1. The summed E-state index contributed by atoms with van der Waals surface area (Å²) in [6.45, 7) is 2.11. The second-order valence-corrected chi connectivity index (χ2v) is 8.86. The average Bonchev–Trinajstić information content (AvgIpc) is 3.40. The summed E-state index contributed by atoms with van der Waals surface area (Å²) in [6, 6.07) is 21.1. The highest BCUT2D eigenvalue weighted by atomic mass is 16.5. The van der Waals surface area contributed by atoms with E-state index >= 15 is 0 Å². The fourth-order valence-corrected chi connectivity index (χ4v) is 6.90. The predicted octanol–water partition coefficient (Wildman–Crippen LogP) is 4.51. The van der Waals surface area contributed by atoms with Crippen LogP contribution in [0.4, 0.5) is 0 Å². The zero-order valence-electron chi connectivity index (χ0n) is 17.4. The number of rotatable bonds is 3. The van der Waals surface area contributed by atoms with Crippen molar-refractivity contribution in [1.82, 2.24) is 4.90 Å². The van der Waals surface area contributed by atoms with Crippen molar-refractivity contribution >= 4 is 5.91 Å². The molecule has 3 aliphatic carbocycles. The van der Waals surface area contributed by atoms with Crippen molar-refractivity contribution in [3.05, 3.63) is 94.9 Å². The van der Waals surface area contributed by atoms with E-state index in [1.165, 1.54) is 22.3 Å². The van der Waals surface area contributed by atoms with Gasteiger partial charge in [-0.1, -0.05) is 48.5 Å². The lowest BCUT2D eigenvalue weighted by molar-refractivity contribution is -0.135. The molecular weight excluding hydrogens is 374 g/mol. The lowest BCUT2D eigenvalue weighted by Crippen LogP contribution is -2.58. The number of hydrogen-bond donors (Lipinski definition) is 0. The topological polar surface area (TPSA) is 42.7 Å². The van der Waals surface area contributed by atoms with E-state index in [1.807, 2.05) is 24.1 Å². The Morgan fingerprint density at radius 1 is 1.00 bits per heavy atom. The van der Waals surface area contributed by atoms with Gasteiger partial charge in [0.25, 0.3) is 0 Å². The molecule has 4 aliphatic rings. The van der Waals surface area contributed by atoms with Crippen molar-refractivity contribution in [2.45, 2.75) is 30.4 Å². The molecule has 7 rings (SSSR count). The Bertz CT molecular complexity index is 1090. The maximum atomic E-state index is 13.9. The third-order valence-corrected chi connectivity index (χ3v) is 7.97. The molecule has 1 aliphatic heterocycles. The molecule has 4 nitrogen and oxygen atoms in total. The van der Waals surface area contributed by atoms with Crippen LogP contribution in [0.5, 0.6) is 0 Å². The van der Waals surface area contributed by atoms with E-state index < -0.39 is 5.41 Å². The largest absolute Gasteiger partial charge is 0.467 e. The van der Waals surface area contributed by atoms with Gasteiger partial charge in [0.15, 0.2) is 0 Å². The summed E-state index contributed by atoms with van der Waals surface area (Å²) in [5, 5.41) is 0.